The van der Waals surface area contributed by atoms with E-state index in [0.29, 0.717) is 6.54 Å². The van der Waals surface area contributed by atoms with Crippen molar-refractivity contribution in [3.05, 3.63) is 35.4 Å². The number of rotatable bonds is 2. The molecule has 1 saturated heterocycles. The first kappa shape index (κ1) is 11.4. The van der Waals surface area contributed by atoms with Gasteiger partial charge in [-0.15, -0.1) is 0 Å². The van der Waals surface area contributed by atoms with Crippen molar-refractivity contribution in [1.29, 1.82) is 0 Å². The molecule has 0 radical (unpaired) electrons. The molecule has 5 nitrogen and oxygen atoms in total. The van der Waals surface area contributed by atoms with Gasteiger partial charge in [-0.1, -0.05) is 12.1 Å². The number of benzene rings is 1. The van der Waals surface area contributed by atoms with Crippen molar-refractivity contribution in [2.75, 3.05) is 13.6 Å². The fourth-order valence-corrected chi connectivity index (χ4v) is 1.94. The van der Waals surface area contributed by atoms with Crippen molar-refractivity contribution >= 4 is 12.1 Å². The number of aromatic carboxylic acids is 1. The molecule has 1 aliphatic heterocycles. The average Bonchev–Trinajstić information content (AvgIpc) is 2.54. The van der Waals surface area contributed by atoms with Crippen LogP contribution in [0.25, 0.3) is 0 Å². The molecule has 1 aromatic rings. The van der Waals surface area contributed by atoms with Crippen LogP contribution in [-0.2, 0) is 10.3 Å². The van der Waals surface area contributed by atoms with Gasteiger partial charge < -0.3 is 14.7 Å². The zero-order valence-electron chi connectivity index (χ0n) is 9.64. The van der Waals surface area contributed by atoms with Crippen molar-refractivity contribution in [2.45, 2.75) is 12.5 Å². The highest BCUT2D eigenvalue weighted by Crippen LogP contribution is 2.32. The summed E-state index contributed by atoms with van der Waals surface area (Å²) in [6.45, 7) is 2.27. The highest BCUT2D eigenvalue weighted by molar-refractivity contribution is 5.87. The molecular weight excluding hydrogens is 222 g/mol. The topological polar surface area (TPSA) is 66.8 Å². The lowest BCUT2D eigenvalue weighted by atomic mass is 9.95. The largest absolute Gasteiger partial charge is 0.478 e. The molecule has 1 fully saturated rings. The second kappa shape index (κ2) is 3.76. The number of nitrogens with zero attached hydrogens (tertiary/aromatic N) is 1. The zero-order valence-corrected chi connectivity index (χ0v) is 9.64. The first-order valence-corrected chi connectivity index (χ1v) is 5.20. The number of carboxylic acid groups (broad SMARTS) is 1. The number of carbonyl (C=O) groups is 2. The fourth-order valence-electron chi connectivity index (χ4n) is 1.94. The monoisotopic (exact) mass is 235 g/mol. The number of cyclic esters (lactones) is 1. The van der Waals surface area contributed by atoms with Gasteiger partial charge in [0, 0.05) is 7.05 Å². The molecule has 1 amide bonds. The Morgan fingerprint density at radius 1 is 1.41 bits per heavy atom. The third-order valence-corrected chi connectivity index (χ3v) is 2.91. The predicted octanol–water partition coefficient (Wildman–Crippen LogP) is 1.68. The number of hydrogen-bond acceptors (Lipinski definition) is 3. The lowest BCUT2D eigenvalue weighted by molar-refractivity contribution is 0.0678. The summed E-state index contributed by atoms with van der Waals surface area (Å²) in [5.74, 6) is -0.970. The Morgan fingerprint density at radius 3 is 2.41 bits per heavy atom. The minimum absolute atomic E-state index is 0.218. The molecule has 0 aliphatic carbocycles. The highest BCUT2D eigenvalue weighted by atomic mass is 16.6. The summed E-state index contributed by atoms with van der Waals surface area (Å²) in [4.78, 5) is 23.6. The van der Waals surface area contributed by atoms with E-state index in [9.17, 15) is 9.59 Å². The molecule has 5 heteroatoms. The maximum atomic E-state index is 11.3. The number of carboxylic acids is 1. The molecule has 0 spiro atoms. The fraction of sp³-hybridized carbons (Fsp3) is 0.333. The van der Waals surface area contributed by atoms with Crippen molar-refractivity contribution < 1.29 is 19.4 Å². The Bertz CT molecular complexity index is 468. The van der Waals surface area contributed by atoms with Gasteiger partial charge in [-0.25, -0.2) is 9.59 Å². The second-order valence-corrected chi connectivity index (χ2v) is 4.34. The van der Waals surface area contributed by atoms with Crippen LogP contribution in [-0.4, -0.2) is 35.7 Å². The maximum absolute atomic E-state index is 11.3. The Morgan fingerprint density at radius 2 is 2.00 bits per heavy atom. The summed E-state index contributed by atoms with van der Waals surface area (Å²) in [7, 11) is 1.67. The van der Waals surface area contributed by atoms with Crippen molar-refractivity contribution in [1.82, 2.24) is 4.90 Å². The first-order valence-electron chi connectivity index (χ1n) is 5.20. The van der Waals surface area contributed by atoms with Crippen LogP contribution in [0.15, 0.2) is 24.3 Å². The molecule has 17 heavy (non-hydrogen) atoms. The summed E-state index contributed by atoms with van der Waals surface area (Å²) in [6.07, 6.45) is -0.366. The van der Waals surface area contributed by atoms with Gasteiger partial charge in [0.2, 0.25) is 0 Å². The van der Waals surface area contributed by atoms with Crippen LogP contribution >= 0.6 is 0 Å². The Labute approximate surface area is 98.6 Å². The van der Waals surface area contributed by atoms with Gasteiger partial charge in [0.25, 0.3) is 0 Å². The first-order chi connectivity index (χ1) is 7.92. The summed E-state index contributed by atoms with van der Waals surface area (Å²) in [5, 5.41) is 8.80. The number of hydrogen-bond donors (Lipinski definition) is 1. The van der Waals surface area contributed by atoms with E-state index in [2.05, 4.69) is 0 Å². The number of ether oxygens (including phenoxy) is 1. The molecule has 1 aliphatic rings. The molecule has 2 rings (SSSR count). The lowest BCUT2D eigenvalue weighted by Crippen LogP contribution is -2.27. The standard InChI is InChI=1S/C12H13NO4/c1-12(7-13(2)11(16)17-12)9-5-3-8(4-6-9)10(14)15/h3-6H,7H2,1-2H3,(H,14,15). The average molecular weight is 235 g/mol. The smallest absolute Gasteiger partial charge is 0.410 e. The molecule has 1 unspecified atom stereocenters. The minimum Gasteiger partial charge on any atom is -0.478 e. The van der Waals surface area contributed by atoms with Gasteiger partial charge in [-0.05, 0) is 24.6 Å². The zero-order chi connectivity index (χ0) is 12.6. The van der Waals surface area contributed by atoms with Crippen LogP contribution in [0.3, 0.4) is 0 Å². The Hall–Kier alpha value is -2.04. The van der Waals surface area contributed by atoms with Crippen LogP contribution in [0.5, 0.6) is 0 Å². The van der Waals surface area contributed by atoms with Gasteiger partial charge in [0.05, 0.1) is 12.1 Å². The van der Waals surface area contributed by atoms with Gasteiger partial charge in [0.15, 0.2) is 5.60 Å². The van der Waals surface area contributed by atoms with Crippen molar-refractivity contribution in [2.24, 2.45) is 0 Å². The molecule has 1 N–H and O–H groups in total. The molecule has 1 heterocycles. The molecule has 0 bridgehead atoms. The SMILES string of the molecule is CN1CC(C)(c2ccc(C(=O)O)cc2)OC1=O. The van der Waals surface area contributed by atoms with Crippen LogP contribution < -0.4 is 0 Å². The van der Waals surface area contributed by atoms with E-state index in [0.717, 1.165) is 5.56 Å². The Kier molecular flexibility index (Phi) is 2.53. The van der Waals surface area contributed by atoms with Gasteiger partial charge in [-0.2, -0.15) is 0 Å². The van der Waals surface area contributed by atoms with Crippen LogP contribution in [0.1, 0.15) is 22.8 Å². The molecule has 0 saturated carbocycles. The molecular formula is C12H13NO4. The normalized spacial score (nSPS) is 23.6. The quantitative estimate of drug-likeness (QED) is 0.846. The molecule has 1 aromatic carbocycles. The van der Waals surface area contributed by atoms with E-state index in [1.165, 1.54) is 17.0 Å². The third-order valence-electron chi connectivity index (χ3n) is 2.91. The lowest BCUT2D eigenvalue weighted by Gasteiger charge is -2.21. The van der Waals surface area contributed by atoms with Crippen LogP contribution in [0.4, 0.5) is 4.79 Å². The molecule has 0 aromatic heterocycles. The van der Waals surface area contributed by atoms with E-state index in [1.807, 2.05) is 6.92 Å². The van der Waals surface area contributed by atoms with Gasteiger partial charge in [-0.3, -0.25) is 0 Å². The van der Waals surface area contributed by atoms with Crippen LogP contribution in [0.2, 0.25) is 0 Å². The van der Waals surface area contributed by atoms with Gasteiger partial charge in [0.1, 0.15) is 0 Å². The predicted molar refractivity (Wildman–Crippen MR) is 59.9 cm³/mol. The summed E-state index contributed by atoms with van der Waals surface area (Å²) in [6, 6.07) is 6.37. The second-order valence-electron chi connectivity index (χ2n) is 4.34. The van der Waals surface area contributed by atoms with Crippen LogP contribution in [0, 0.1) is 0 Å². The summed E-state index contributed by atoms with van der Waals surface area (Å²) >= 11 is 0. The maximum Gasteiger partial charge on any atom is 0.410 e. The van der Waals surface area contributed by atoms with E-state index >= 15 is 0 Å². The molecule has 90 valence electrons. The summed E-state index contributed by atoms with van der Waals surface area (Å²) in [5.41, 5.74) is 0.304. The van der Waals surface area contributed by atoms with E-state index in [4.69, 9.17) is 9.84 Å². The van der Waals surface area contributed by atoms with E-state index in [-0.39, 0.29) is 11.7 Å². The third kappa shape index (κ3) is 1.95. The number of amides is 1. The van der Waals surface area contributed by atoms with E-state index in [1.54, 1.807) is 19.2 Å². The van der Waals surface area contributed by atoms with E-state index < -0.39 is 11.6 Å². The van der Waals surface area contributed by atoms with Crippen molar-refractivity contribution in [3.8, 4) is 0 Å². The number of carbonyl (C=O) groups excluding carboxylic acids is 1. The number of likely N-dealkylation sites (N-methyl/N-ethyl adjacent to an activating group) is 1. The Balaban J connectivity index is 2.29. The van der Waals surface area contributed by atoms with Gasteiger partial charge >= 0.3 is 12.1 Å². The summed E-state index contributed by atoms with van der Waals surface area (Å²) < 4.78 is 5.29. The molecule has 1 atom stereocenters. The van der Waals surface area contributed by atoms with Crippen molar-refractivity contribution in [3.63, 3.8) is 0 Å². The highest BCUT2D eigenvalue weighted by Gasteiger charge is 2.40. The minimum atomic E-state index is -0.970.